The fraction of sp³-hybridized carbons (Fsp3) is 0.417. The van der Waals surface area contributed by atoms with Crippen molar-refractivity contribution in [1.82, 2.24) is 5.32 Å². The highest BCUT2D eigenvalue weighted by Crippen LogP contribution is 2.06. The Morgan fingerprint density at radius 1 is 1.40 bits per heavy atom. The van der Waals surface area contributed by atoms with Crippen molar-refractivity contribution in [2.45, 2.75) is 19.8 Å². The highest BCUT2D eigenvalue weighted by atomic mass is 19.1. The van der Waals surface area contributed by atoms with Gasteiger partial charge in [0, 0.05) is 6.42 Å². The first-order valence-electron chi connectivity index (χ1n) is 5.20. The molecule has 0 heterocycles. The minimum atomic E-state index is -0.304. The van der Waals surface area contributed by atoms with Crippen molar-refractivity contribution in [3.63, 3.8) is 0 Å². The van der Waals surface area contributed by atoms with Gasteiger partial charge in [-0.1, -0.05) is 25.1 Å². The lowest BCUT2D eigenvalue weighted by Gasteiger charge is -2.03. The van der Waals surface area contributed by atoms with Gasteiger partial charge in [-0.2, -0.15) is 0 Å². The predicted octanol–water partition coefficient (Wildman–Crippen LogP) is 1.94. The van der Waals surface area contributed by atoms with E-state index in [-0.39, 0.29) is 18.0 Å². The van der Waals surface area contributed by atoms with Crippen LogP contribution >= 0.6 is 0 Å². The second-order valence-electron chi connectivity index (χ2n) is 3.48. The molecule has 0 aromatic heterocycles. The zero-order valence-electron chi connectivity index (χ0n) is 8.92. The minimum absolute atomic E-state index is 0.0218. The van der Waals surface area contributed by atoms with Crippen molar-refractivity contribution in [3.05, 3.63) is 35.6 Å². The number of halogens is 1. The van der Waals surface area contributed by atoms with E-state index in [1.165, 1.54) is 6.07 Å². The second kappa shape index (κ2) is 6.30. The number of hydrogen-bond acceptors (Lipinski definition) is 2. The molecule has 0 radical (unpaired) electrons. The largest absolute Gasteiger partial charge is 0.310 e. The van der Waals surface area contributed by atoms with Gasteiger partial charge in [-0.15, -0.1) is 0 Å². The smallest absolute Gasteiger partial charge is 0.151 e. The van der Waals surface area contributed by atoms with Crippen LogP contribution in [0.4, 0.5) is 4.39 Å². The normalized spacial score (nSPS) is 10.3. The van der Waals surface area contributed by atoms with Crippen molar-refractivity contribution < 1.29 is 9.18 Å². The molecule has 0 saturated carbocycles. The third-order valence-electron chi connectivity index (χ3n) is 2.09. The molecule has 0 unspecified atom stereocenters. The SMILES string of the molecule is CCCNCC(=O)Cc1ccccc1F. The van der Waals surface area contributed by atoms with Crippen LogP contribution in [-0.4, -0.2) is 18.9 Å². The fourth-order valence-electron chi connectivity index (χ4n) is 1.32. The summed E-state index contributed by atoms with van der Waals surface area (Å²) >= 11 is 0. The standard InChI is InChI=1S/C12H16FNO/c1-2-7-14-9-11(15)8-10-5-3-4-6-12(10)13/h3-6,14H,2,7-9H2,1H3. The van der Waals surface area contributed by atoms with E-state index in [1.54, 1.807) is 18.2 Å². The first-order chi connectivity index (χ1) is 7.24. The molecular formula is C12H16FNO. The van der Waals surface area contributed by atoms with Gasteiger partial charge in [0.1, 0.15) is 5.82 Å². The van der Waals surface area contributed by atoms with Gasteiger partial charge in [-0.25, -0.2) is 4.39 Å². The van der Waals surface area contributed by atoms with Crippen LogP contribution in [0, 0.1) is 5.82 Å². The van der Waals surface area contributed by atoms with Gasteiger partial charge >= 0.3 is 0 Å². The van der Waals surface area contributed by atoms with E-state index in [9.17, 15) is 9.18 Å². The number of rotatable bonds is 6. The van der Waals surface area contributed by atoms with E-state index < -0.39 is 0 Å². The van der Waals surface area contributed by atoms with E-state index in [0.717, 1.165) is 13.0 Å². The molecule has 0 atom stereocenters. The molecule has 15 heavy (non-hydrogen) atoms. The van der Waals surface area contributed by atoms with Crippen LogP contribution in [0.3, 0.4) is 0 Å². The van der Waals surface area contributed by atoms with E-state index in [2.05, 4.69) is 5.32 Å². The summed E-state index contributed by atoms with van der Waals surface area (Å²) in [6.07, 6.45) is 1.16. The highest BCUT2D eigenvalue weighted by molar-refractivity contribution is 5.82. The summed E-state index contributed by atoms with van der Waals surface area (Å²) in [4.78, 5) is 11.4. The Morgan fingerprint density at radius 3 is 2.80 bits per heavy atom. The molecule has 82 valence electrons. The van der Waals surface area contributed by atoms with Crippen LogP contribution in [0.1, 0.15) is 18.9 Å². The lowest BCUT2D eigenvalue weighted by atomic mass is 10.1. The average Bonchev–Trinajstić information content (AvgIpc) is 2.22. The predicted molar refractivity (Wildman–Crippen MR) is 58.3 cm³/mol. The van der Waals surface area contributed by atoms with Crippen molar-refractivity contribution in [1.29, 1.82) is 0 Å². The Labute approximate surface area is 89.5 Å². The number of carbonyl (C=O) groups excluding carboxylic acids is 1. The maximum absolute atomic E-state index is 13.2. The van der Waals surface area contributed by atoms with Gasteiger partial charge in [0.15, 0.2) is 5.78 Å². The Bertz CT molecular complexity index is 325. The monoisotopic (exact) mass is 209 g/mol. The number of hydrogen-bond donors (Lipinski definition) is 1. The van der Waals surface area contributed by atoms with Crippen LogP contribution in [0.2, 0.25) is 0 Å². The molecule has 1 aromatic carbocycles. The summed E-state index contributed by atoms with van der Waals surface area (Å²) in [5, 5.41) is 3.00. The second-order valence-corrected chi connectivity index (χ2v) is 3.48. The maximum Gasteiger partial charge on any atom is 0.151 e. The molecule has 0 fully saturated rings. The molecule has 0 amide bonds. The van der Waals surface area contributed by atoms with E-state index in [4.69, 9.17) is 0 Å². The maximum atomic E-state index is 13.2. The summed E-state index contributed by atoms with van der Waals surface area (Å²) in [6, 6.07) is 6.39. The molecule has 2 nitrogen and oxygen atoms in total. The van der Waals surface area contributed by atoms with Crippen LogP contribution in [0.5, 0.6) is 0 Å². The Kier molecular flexibility index (Phi) is 4.98. The molecular weight excluding hydrogens is 193 g/mol. The number of Topliss-reactive ketones (excluding diaryl/α,β-unsaturated/α-hetero) is 1. The average molecular weight is 209 g/mol. The van der Waals surface area contributed by atoms with Crippen LogP contribution in [0.15, 0.2) is 24.3 Å². The van der Waals surface area contributed by atoms with E-state index in [0.29, 0.717) is 12.1 Å². The summed E-state index contributed by atoms with van der Waals surface area (Å²) in [5.74, 6) is -0.283. The summed E-state index contributed by atoms with van der Waals surface area (Å²) in [7, 11) is 0. The lowest BCUT2D eigenvalue weighted by Crippen LogP contribution is -2.25. The van der Waals surface area contributed by atoms with Crippen molar-refractivity contribution >= 4 is 5.78 Å². The third-order valence-corrected chi connectivity index (χ3v) is 2.09. The Balaban J connectivity index is 2.41. The van der Waals surface area contributed by atoms with Gasteiger partial charge < -0.3 is 5.32 Å². The van der Waals surface area contributed by atoms with Crippen LogP contribution < -0.4 is 5.32 Å². The van der Waals surface area contributed by atoms with E-state index >= 15 is 0 Å². The van der Waals surface area contributed by atoms with Gasteiger partial charge in [0.05, 0.1) is 6.54 Å². The number of carbonyl (C=O) groups is 1. The molecule has 0 bridgehead atoms. The summed E-state index contributed by atoms with van der Waals surface area (Å²) < 4.78 is 13.2. The summed E-state index contributed by atoms with van der Waals surface area (Å²) in [6.45, 7) is 3.18. The Hall–Kier alpha value is -1.22. The topological polar surface area (TPSA) is 29.1 Å². The number of ketones is 1. The zero-order chi connectivity index (χ0) is 11.1. The van der Waals surface area contributed by atoms with E-state index in [1.807, 2.05) is 6.92 Å². The lowest BCUT2D eigenvalue weighted by molar-refractivity contribution is -0.117. The highest BCUT2D eigenvalue weighted by Gasteiger charge is 2.06. The van der Waals surface area contributed by atoms with Crippen molar-refractivity contribution in [3.8, 4) is 0 Å². The van der Waals surface area contributed by atoms with Crippen LogP contribution in [0.25, 0.3) is 0 Å². The molecule has 0 saturated heterocycles. The van der Waals surface area contributed by atoms with Crippen molar-refractivity contribution in [2.24, 2.45) is 0 Å². The quantitative estimate of drug-likeness (QED) is 0.725. The molecule has 0 spiro atoms. The van der Waals surface area contributed by atoms with Gasteiger partial charge in [-0.05, 0) is 24.6 Å². The molecule has 1 aromatic rings. The molecule has 0 aliphatic carbocycles. The number of nitrogens with one attached hydrogen (secondary N) is 1. The molecule has 0 aliphatic rings. The van der Waals surface area contributed by atoms with Gasteiger partial charge in [0.25, 0.3) is 0 Å². The minimum Gasteiger partial charge on any atom is -0.310 e. The van der Waals surface area contributed by atoms with Crippen LogP contribution in [-0.2, 0) is 11.2 Å². The molecule has 1 N–H and O–H groups in total. The molecule has 0 aliphatic heterocycles. The summed E-state index contributed by atoms with van der Waals surface area (Å²) in [5.41, 5.74) is 0.473. The van der Waals surface area contributed by atoms with Gasteiger partial charge in [0.2, 0.25) is 0 Å². The van der Waals surface area contributed by atoms with Crippen molar-refractivity contribution in [2.75, 3.05) is 13.1 Å². The third kappa shape index (κ3) is 4.21. The molecule has 1 rings (SSSR count). The first-order valence-corrected chi connectivity index (χ1v) is 5.20. The first kappa shape index (κ1) is 11.9. The van der Waals surface area contributed by atoms with Gasteiger partial charge in [-0.3, -0.25) is 4.79 Å². The number of benzene rings is 1. The molecule has 3 heteroatoms. The zero-order valence-corrected chi connectivity index (χ0v) is 8.92. The Morgan fingerprint density at radius 2 is 2.13 bits per heavy atom. The fourth-order valence-corrected chi connectivity index (χ4v) is 1.32.